The van der Waals surface area contributed by atoms with Gasteiger partial charge >= 0.3 is 5.97 Å². The van der Waals surface area contributed by atoms with Crippen LogP contribution in [0.25, 0.3) is 10.9 Å². The Balaban J connectivity index is 1.81. The second-order valence-electron chi connectivity index (χ2n) is 4.60. The summed E-state index contributed by atoms with van der Waals surface area (Å²) in [5, 5.41) is 13.4. The minimum absolute atomic E-state index is 0.285. The van der Waals surface area contributed by atoms with Crippen molar-refractivity contribution in [1.29, 1.82) is 0 Å². The quantitative estimate of drug-likeness (QED) is 0.677. The number of nitrogens with one attached hydrogen (secondary N) is 2. The summed E-state index contributed by atoms with van der Waals surface area (Å²) in [6, 6.07) is 15.0. The first kappa shape index (κ1) is 12.3. The molecular weight excluding hydrogens is 252 g/mol. The van der Waals surface area contributed by atoms with Crippen molar-refractivity contribution < 1.29 is 9.90 Å². The molecule has 1 heterocycles. The van der Waals surface area contributed by atoms with Crippen molar-refractivity contribution >= 4 is 22.6 Å². The molecule has 0 bridgehead atoms. The van der Waals surface area contributed by atoms with Crippen LogP contribution in [0.1, 0.15) is 15.9 Å². The highest BCUT2D eigenvalue weighted by molar-refractivity contribution is 5.88. The number of hydrogen-bond donors (Lipinski definition) is 3. The molecule has 0 amide bonds. The number of benzene rings is 2. The summed E-state index contributed by atoms with van der Waals surface area (Å²) in [4.78, 5) is 14.2. The van der Waals surface area contributed by atoms with Crippen molar-refractivity contribution in [2.24, 2.45) is 0 Å². The van der Waals surface area contributed by atoms with Gasteiger partial charge < -0.3 is 15.4 Å². The van der Waals surface area contributed by atoms with Gasteiger partial charge in [-0.2, -0.15) is 0 Å². The number of aromatic amines is 1. The third-order valence-corrected chi connectivity index (χ3v) is 3.27. The molecule has 20 heavy (non-hydrogen) atoms. The van der Waals surface area contributed by atoms with Crippen molar-refractivity contribution in [3.63, 3.8) is 0 Å². The molecular formula is C16H14N2O2. The molecule has 3 N–H and O–H groups in total. The number of anilines is 1. The molecule has 1 aromatic heterocycles. The Hall–Kier alpha value is -2.75. The highest BCUT2D eigenvalue weighted by atomic mass is 16.4. The van der Waals surface area contributed by atoms with E-state index in [1.165, 1.54) is 5.39 Å². The molecule has 0 radical (unpaired) electrons. The molecule has 0 atom stereocenters. The van der Waals surface area contributed by atoms with E-state index < -0.39 is 5.97 Å². The van der Waals surface area contributed by atoms with E-state index >= 15 is 0 Å². The zero-order valence-electron chi connectivity index (χ0n) is 10.8. The van der Waals surface area contributed by atoms with Gasteiger partial charge in [-0.15, -0.1) is 0 Å². The average molecular weight is 266 g/mol. The number of fused-ring (bicyclic) bond motifs is 1. The first-order valence-corrected chi connectivity index (χ1v) is 6.36. The number of carboxylic acids is 1. The molecule has 100 valence electrons. The van der Waals surface area contributed by atoms with Gasteiger partial charge in [0.25, 0.3) is 0 Å². The number of H-pyrrole nitrogens is 1. The van der Waals surface area contributed by atoms with Crippen molar-refractivity contribution in [3.8, 4) is 0 Å². The monoisotopic (exact) mass is 266 g/mol. The summed E-state index contributed by atoms with van der Waals surface area (Å²) in [6.07, 6.45) is 1.92. The molecule has 0 unspecified atom stereocenters. The fraction of sp³-hybridized carbons (Fsp3) is 0.0625. The number of para-hydroxylation sites is 1. The van der Waals surface area contributed by atoms with E-state index in [1.807, 2.05) is 30.5 Å². The highest BCUT2D eigenvalue weighted by Crippen LogP contribution is 2.19. The Morgan fingerprint density at radius 1 is 1.15 bits per heavy atom. The number of carboxylic acid groups (broad SMARTS) is 1. The molecule has 2 aromatic carbocycles. The summed E-state index contributed by atoms with van der Waals surface area (Å²) < 4.78 is 0. The van der Waals surface area contributed by atoms with Gasteiger partial charge in [-0.3, -0.25) is 0 Å². The molecule has 0 aliphatic rings. The van der Waals surface area contributed by atoms with E-state index in [9.17, 15) is 4.79 Å². The molecule has 0 aliphatic heterocycles. The average Bonchev–Trinajstić information content (AvgIpc) is 2.94. The molecule has 3 aromatic rings. The lowest BCUT2D eigenvalue weighted by atomic mass is 10.1. The SMILES string of the molecule is O=C(O)c1cccc(NCc2cccc3cc[nH]c23)c1. The fourth-order valence-electron chi connectivity index (χ4n) is 2.26. The summed E-state index contributed by atoms with van der Waals surface area (Å²) in [5.74, 6) is -0.917. The zero-order valence-corrected chi connectivity index (χ0v) is 10.8. The van der Waals surface area contributed by atoms with Gasteiger partial charge in [0, 0.05) is 18.4 Å². The number of aromatic nitrogens is 1. The van der Waals surface area contributed by atoms with Gasteiger partial charge in [0.1, 0.15) is 0 Å². The maximum absolute atomic E-state index is 10.9. The summed E-state index contributed by atoms with van der Waals surface area (Å²) >= 11 is 0. The van der Waals surface area contributed by atoms with Crippen LogP contribution >= 0.6 is 0 Å². The normalized spacial score (nSPS) is 10.6. The highest BCUT2D eigenvalue weighted by Gasteiger charge is 2.04. The number of rotatable bonds is 4. The van der Waals surface area contributed by atoms with Crippen LogP contribution in [-0.4, -0.2) is 16.1 Å². The molecule has 0 saturated heterocycles. The Morgan fingerprint density at radius 3 is 2.85 bits per heavy atom. The summed E-state index contributed by atoms with van der Waals surface area (Å²) in [6.45, 7) is 0.640. The number of carbonyl (C=O) groups is 1. The minimum Gasteiger partial charge on any atom is -0.478 e. The zero-order chi connectivity index (χ0) is 13.9. The van der Waals surface area contributed by atoms with Crippen LogP contribution < -0.4 is 5.32 Å². The van der Waals surface area contributed by atoms with E-state index in [4.69, 9.17) is 5.11 Å². The van der Waals surface area contributed by atoms with Crippen LogP contribution in [0, 0.1) is 0 Å². The van der Waals surface area contributed by atoms with E-state index in [-0.39, 0.29) is 5.56 Å². The minimum atomic E-state index is -0.917. The molecule has 0 fully saturated rings. The third-order valence-electron chi connectivity index (χ3n) is 3.27. The van der Waals surface area contributed by atoms with E-state index in [1.54, 1.807) is 18.2 Å². The Morgan fingerprint density at radius 2 is 2.00 bits per heavy atom. The van der Waals surface area contributed by atoms with Gasteiger partial charge in [-0.25, -0.2) is 4.79 Å². The molecule has 3 rings (SSSR count). The van der Waals surface area contributed by atoms with Gasteiger partial charge in [0.2, 0.25) is 0 Å². The number of hydrogen-bond acceptors (Lipinski definition) is 2. The van der Waals surface area contributed by atoms with Gasteiger partial charge in [-0.1, -0.05) is 24.3 Å². The molecule has 0 aliphatic carbocycles. The maximum Gasteiger partial charge on any atom is 0.335 e. The predicted molar refractivity (Wildman–Crippen MR) is 79.0 cm³/mol. The standard InChI is InChI=1S/C16H14N2O2/c19-16(20)12-4-2-6-14(9-12)18-10-13-5-1-3-11-7-8-17-15(11)13/h1-9,17-18H,10H2,(H,19,20). The second-order valence-corrected chi connectivity index (χ2v) is 4.60. The van der Waals surface area contributed by atoms with Crippen LogP contribution in [0.3, 0.4) is 0 Å². The Bertz CT molecular complexity index is 762. The Labute approximate surface area is 116 Å². The van der Waals surface area contributed by atoms with Crippen molar-refractivity contribution in [2.75, 3.05) is 5.32 Å². The van der Waals surface area contributed by atoms with Gasteiger partial charge in [0.05, 0.1) is 11.1 Å². The van der Waals surface area contributed by atoms with Crippen molar-refractivity contribution in [2.45, 2.75) is 6.54 Å². The van der Waals surface area contributed by atoms with E-state index in [0.29, 0.717) is 6.54 Å². The van der Waals surface area contributed by atoms with E-state index in [0.717, 1.165) is 16.8 Å². The van der Waals surface area contributed by atoms with Crippen molar-refractivity contribution in [1.82, 2.24) is 4.98 Å². The van der Waals surface area contributed by atoms with Crippen LogP contribution in [0.15, 0.2) is 54.7 Å². The molecule has 4 nitrogen and oxygen atoms in total. The smallest absolute Gasteiger partial charge is 0.335 e. The van der Waals surface area contributed by atoms with Crippen LogP contribution in [0.5, 0.6) is 0 Å². The summed E-state index contributed by atoms with van der Waals surface area (Å²) in [7, 11) is 0. The first-order chi connectivity index (χ1) is 9.74. The lowest BCUT2D eigenvalue weighted by Crippen LogP contribution is -2.02. The fourth-order valence-corrected chi connectivity index (χ4v) is 2.26. The number of aromatic carboxylic acids is 1. The van der Waals surface area contributed by atoms with E-state index in [2.05, 4.69) is 16.4 Å². The lowest BCUT2D eigenvalue weighted by molar-refractivity contribution is 0.0697. The molecule has 4 heteroatoms. The van der Waals surface area contributed by atoms with Crippen molar-refractivity contribution in [3.05, 3.63) is 65.9 Å². The second kappa shape index (κ2) is 5.09. The van der Waals surface area contributed by atoms with Gasteiger partial charge in [0.15, 0.2) is 0 Å². The lowest BCUT2D eigenvalue weighted by Gasteiger charge is -2.08. The molecule has 0 spiro atoms. The Kier molecular flexibility index (Phi) is 3.13. The van der Waals surface area contributed by atoms with Crippen LogP contribution in [-0.2, 0) is 6.54 Å². The topological polar surface area (TPSA) is 65.1 Å². The van der Waals surface area contributed by atoms with Crippen LogP contribution in [0.2, 0.25) is 0 Å². The third kappa shape index (κ3) is 2.36. The van der Waals surface area contributed by atoms with Crippen LogP contribution in [0.4, 0.5) is 5.69 Å². The molecule has 0 saturated carbocycles. The summed E-state index contributed by atoms with van der Waals surface area (Å²) in [5.41, 5.74) is 3.34. The maximum atomic E-state index is 10.9. The largest absolute Gasteiger partial charge is 0.478 e. The van der Waals surface area contributed by atoms with Gasteiger partial charge in [-0.05, 0) is 35.2 Å². The predicted octanol–water partition coefficient (Wildman–Crippen LogP) is 3.48. The first-order valence-electron chi connectivity index (χ1n) is 6.36.